The van der Waals surface area contributed by atoms with Gasteiger partial charge in [0.25, 0.3) is 0 Å². The molecule has 27 heavy (non-hydrogen) atoms. The third kappa shape index (κ3) is 4.83. The first-order valence-corrected chi connectivity index (χ1v) is 9.61. The number of para-hydroxylation sites is 2. The fourth-order valence-electron chi connectivity index (χ4n) is 2.88. The number of amides is 2. The Bertz CT molecular complexity index is 830. The van der Waals surface area contributed by atoms with Gasteiger partial charge < -0.3 is 15.5 Å². The van der Waals surface area contributed by atoms with Gasteiger partial charge in [0, 0.05) is 35.7 Å². The Kier molecular flexibility index (Phi) is 6.39. The second-order valence-corrected chi connectivity index (χ2v) is 7.10. The van der Waals surface area contributed by atoms with Crippen molar-refractivity contribution in [2.45, 2.75) is 22.6 Å². The quantitative estimate of drug-likeness (QED) is 0.726. The van der Waals surface area contributed by atoms with Crippen molar-refractivity contribution in [2.75, 3.05) is 24.5 Å². The molecule has 2 N–H and O–H groups in total. The minimum atomic E-state index is -0.163. The van der Waals surface area contributed by atoms with Crippen LogP contribution < -0.4 is 15.5 Å². The summed E-state index contributed by atoms with van der Waals surface area (Å²) in [5.74, 6) is 2.11. The van der Waals surface area contributed by atoms with E-state index in [4.69, 9.17) is 6.42 Å². The van der Waals surface area contributed by atoms with Gasteiger partial charge in [-0.15, -0.1) is 6.42 Å². The van der Waals surface area contributed by atoms with E-state index in [0.29, 0.717) is 19.5 Å². The Balaban J connectivity index is 1.57. The number of hydrogen-bond acceptors (Lipinski definition) is 4. The Morgan fingerprint density at radius 1 is 0.926 bits per heavy atom. The molecule has 0 unspecified atom stereocenters. The van der Waals surface area contributed by atoms with Crippen LogP contribution in [0.15, 0.2) is 58.3 Å². The van der Waals surface area contributed by atoms with Crippen molar-refractivity contribution in [1.82, 2.24) is 10.6 Å². The van der Waals surface area contributed by atoms with Crippen LogP contribution in [0, 0.1) is 12.3 Å². The molecule has 6 heteroatoms. The molecule has 0 spiro atoms. The molecule has 0 aromatic heterocycles. The van der Waals surface area contributed by atoms with E-state index in [1.54, 1.807) is 11.8 Å². The average Bonchev–Trinajstić information content (AvgIpc) is 2.69. The van der Waals surface area contributed by atoms with Crippen molar-refractivity contribution in [3.05, 3.63) is 48.5 Å². The lowest BCUT2D eigenvalue weighted by atomic mass is 10.2. The summed E-state index contributed by atoms with van der Waals surface area (Å²) in [5, 5.41) is 5.37. The molecule has 3 rings (SSSR count). The van der Waals surface area contributed by atoms with E-state index in [0.717, 1.165) is 11.4 Å². The second kappa shape index (κ2) is 9.15. The number of anilines is 2. The molecule has 2 aromatic carbocycles. The first-order valence-electron chi connectivity index (χ1n) is 8.79. The molecule has 5 nitrogen and oxygen atoms in total. The highest BCUT2D eigenvalue weighted by Crippen LogP contribution is 2.47. The third-order valence-corrected chi connectivity index (χ3v) is 5.29. The van der Waals surface area contributed by atoms with Crippen LogP contribution in [0.3, 0.4) is 0 Å². The van der Waals surface area contributed by atoms with Gasteiger partial charge in [0.1, 0.15) is 0 Å². The SMILES string of the molecule is C#CCNC(=O)CCNC(=O)CCN1c2ccccc2Sc2ccccc21. The largest absolute Gasteiger partial charge is 0.356 e. The summed E-state index contributed by atoms with van der Waals surface area (Å²) in [6.07, 6.45) is 5.66. The van der Waals surface area contributed by atoms with Gasteiger partial charge in [-0.2, -0.15) is 0 Å². The van der Waals surface area contributed by atoms with Crippen LogP contribution in [-0.2, 0) is 9.59 Å². The highest BCUT2D eigenvalue weighted by molar-refractivity contribution is 7.99. The van der Waals surface area contributed by atoms with Gasteiger partial charge in [0.15, 0.2) is 0 Å². The summed E-state index contributed by atoms with van der Waals surface area (Å²) in [7, 11) is 0. The summed E-state index contributed by atoms with van der Waals surface area (Å²) < 4.78 is 0. The maximum absolute atomic E-state index is 12.2. The third-order valence-electron chi connectivity index (χ3n) is 4.16. The topological polar surface area (TPSA) is 61.4 Å². The van der Waals surface area contributed by atoms with E-state index in [9.17, 15) is 9.59 Å². The number of rotatable bonds is 7. The fraction of sp³-hybridized carbons (Fsp3) is 0.238. The van der Waals surface area contributed by atoms with Crippen molar-refractivity contribution < 1.29 is 9.59 Å². The minimum Gasteiger partial charge on any atom is -0.356 e. The summed E-state index contributed by atoms with van der Waals surface area (Å²) >= 11 is 1.74. The molecule has 1 heterocycles. The molecule has 0 aliphatic carbocycles. The zero-order valence-corrected chi connectivity index (χ0v) is 15.7. The van der Waals surface area contributed by atoms with E-state index in [2.05, 4.69) is 45.7 Å². The molecule has 0 fully saturated rings. The average molecular weight is 379 g/mol. The van der Waals surface area contributed by atoms with Gasteiger partial charge in [0.05, 0.1) is 17.9 Å². The predicted octanol–water partition coefficient (Wildman–Crippen LogP) is 2.94. The Hall–Kier alpha value is -2.91. The summed E-state index contributed by atoms with van der Waals surface area (Å²) in [5.41, 5.74) is 2.23. The van der Waals surface area contributed by atoms with E-state index < -0.39 is 0 Å². The predicted molar refractivity (Wildman–Crippen MR) is 108 cm³/mol. The zero-order chi connectivity index (χ0) is 19.1. The van der Waals surface area contributed by atoms with Crippen LogP contribution in [0.1, 0.15) is 12.8 Å². The molecule has 1 aliphatic rings. The van der Waals surface area contributed by atoms with Crippen LogP contribution in [0.25, 0.3) is 0 Å². The van der Waals surface area contributed by atoms with Crippen LogP contribution in [0.4, 0.5) is 11.4 Å². The molecule has 0 saturated heterocycles. The Morgan fingerprint density at radius 2 is 1.52 bits per heavy atom. The van der Waals surface area contributed by atoms with E-state index in [1.165, 1.54) is 9.79 Å². The van der Waals surface area contributed by atoms with Crippen molar-refractivity contribution in [3.63, 3.8) is 0 Å². The molecule has 138 valence electrons. The first kappa shape index (κ1) is 18.9. The maximum atomic E-state index is 12.2. The number of benzene rings is 2. The number of hydrogen-bond donors (Lipinski definition) is 2. The number of terminal acetylenes is 1. The summed E-state index contributed by atoms with van der Waals surface area (Å²) in [4.78, 5) is 28.2. The number of fused-ring (bicyclic) bond motifs is 2. The molecule has 0 atom stereocenters. The van der Waals surface area contributed by atoms with Gasteiger partial charge in [-0.3, -0.25) is 9.59 Å². The Morgan fingerprint density at radius 3 is 2.15 bits per heavy atom. The monoisotopic (exact) mass is 379 g/mol. The van der Waals surface area contributed by atoms with Gasteiger partial charge in [0.2, 0.25) is 11.8 Å². The smallest absolute Gasteiger partial charge is 0.222 e. The molecule has 1 aliphatic heterocycles. The van der Waals surface area contributed by atoms with Crippen LogP contribution >= 0.6 is 11.8 Å². The molecule has 2 amide bonds. The molecule has 2 aromatic rings. The number of carbonyl (C=O) groups excluding carboxylic acids is 2. The summed E-state index contributed by atoms with van der Waals surface area (Å²) in [6.45, 7) is 1.08. The number of nitrogens with zero attached hydrogens (tertiary/aromatic N) is 1. The Labute approximate surface area is 163 Å². The lowest BCUT2D eigenvalue weighted by Crippen LogP contribution is -2.33. The van der Waals surface area contributed by atoms with Crippen LogP contribution in [0.2, 0.25) is 0 Å². The maximum Gasteiger partial charge on any atom is 0.222 e. The molecular formula is C21H21N3O2S. The normalized spacial score (nSPS) is 11.7. The standard InChI is InChI=1S/C21H21N3O2S/c1-2-13-22-20(25)11-14-23-21(26)12-15-24-16-7-3-5-9-18(16)27-19-10-6-4-8-17(19)24/h1,3-10H,11-15H2,(H,22,25)(H,23,26). The highest BCUT2D eigenvalue weighted by Gasteiger charge is 2.23. The lowest BCUT2D eigenvalue weighted by Gasteiger charge is -2.32. The molecular weight excluding hydrogens is 358 g/mol. The fourth-order valence-corrected chi connectivity index (χ4v) is 3.97. The molecule has 0 saturated carbocycles. The van der Waals surface area contributed by atoms with Crippen molar-refractivity contribution in [2.24, 2.45) is 0 Å². The van der Waals surface area contributed by atoms with E-state index in [-0.39, 0.29) is 24.8 Å². The van der Waals surface area contributed by atoms with E-state index in [1.807, 2.05) is 24.3 Å². The molecule has 0 bridgehead atoms. The van der Waals surface area contributed by atoms with Crippen molar-refractivity contribution >= 4 is 35.0 Å². The van der Waals surface area contributed by atoms with Gasteiger partial charge in [-0.25, -0.2) is 0 Å². The van der Waals surface area contributed by atoms with Crippen molar-refractivity contribution in [1.29, 1.82) is 0 Å². The highest BCUT2D eigenvalue weighted by atomic mass is 32.2. The van der Waals surface area contributed by atoms with E-state index >= 15 is 0 Å². The number of nitrogens with one attached hydrogen (secondary N) is 2. The van der Waals surface area contributed by atoms with Crippen molar-refractivity contribution in [3.8, 4) is 12.3 Å². The minimum absolute atomic E-state index is 0.0760. The van der Waals surface area contributed by atoms with Crippen LogP contribution in [-0.4, -0.2) is 31.4 Å². The van der Waals surface area contributed by atoms with Crippen LogP contribution in [0.5, 0.6) is 0 Å². The van der Waals surface area contributed by atoms with Gasteiger partial charge >= 0.3 is 0 Å². The summed E-state index contributed by atoms with van der Waals surface area (Å²) in [6, 6.07) is 16.4. The zero-order valence-electron chi connectivity index (χ0n) is 14.9. The lowest BCUT2D eigenvalue weighted by molar-refractivity contribution is -0.122. The number of carbonyl (C=O) groups is 2. The second-order valence-electron chi connectivity index (χ2n) is 6.02. The first-order chi connectivity index (χ1) is 13.2. The van der Waals surface area contributed by atoms with Gasteiger partial charge in [-0.05, 0) is 24.3 Å². The molecule has 0 radical (unpaired) electrons. The van der Waals surface area contributed by atoms with Gasteiger partial charge in [-0.1, -0.05) is 41.9 Å².